The van der Waals surface area contributed by atoms with Gasteiger partial charge in [0.1, 0.15) is 0 Å². The summed E-state index contributed by atoms with van der Waals surface area (Å²) in [5.74, 6) is 0. The summed E-state index contributed by atoms with van der Waals surface area (Å²) in [6, 6.07) is 3.84. The zero-order valence-corrected chi connectivity index (χ0v) is 9.99. The van der Waals surface area contributed by atoms with E-state index in [1.54, 1.807) is 0 Å². The molecule has 0 bridgehead atoms. The van der Waals surface area contributed by atoms with Crippen molar-refractivity contribution in [2.75, 3.05) is 0 Å². The molecule has 1 heterocycles. The van der Waals surface area contributed by atoms with Crippen LogP contribution in [0, 0.1) is 0 Å². The minimum Gasteiger partial charge on any atom is -0.255 e. The predicted molar refractivity (Wildman–Crippen MR) is 59.5 cm³/mol. The van der Waals surface area contributed by atoms with Crippen LogP contribution in [0.25, 0.3) is 10.9 Å². The number of rotatable bonds is 0. The van der Waals surface area contributed by atoms with Gasteiger partial charge in [0, 0.05) is 11.6 Å². The van der Waals surface area contributed by atoms with Gasteiger partial charge in [0.15, 0.2) is 0 Å². The van der Waals surface area contributed by atoms with Crippen LogP contribution in [0.15, 0.2) is 28.9 Å². The first kappa shape index (κ1) is 11.7. The molecule has 0 aliphatic rings. The molecule has 0 aliphatic heterocycles. The van der Waals surface area contributed by atoms with E-state index in [2.05, 4.69) is 20.9 Å². The number of alkyl halides is 3. The van der Waals surface area contributed by atoms with Gasteiger partial charge in [-0.05, 0) is 28.1 Å². The average molecular weight is 310 g/mol. The van der Waals surface area contributed by atoms with Crippen LogP contribution < -0.4 is 0 Å². The number of fused-ring (bicyclic) bond motifs is 1. The summed E-state index contributed by atoms with van der Waals surface area (Å²) in [4.78, 5) is 3.88. The number of hydrogen-bond acceptors (Lipinski definition) is 1. The van der Waals surface area contributed by atoms with Gasteiger partial charge in [-0.15, -0.1) is 0 Å². The van der Waals surface area contributed by atoms with Crippen LogP contribution in [-0.2, 0) is 6.18 Å². The summed E-state index contributed by atoms with van der Waals surface area (Å²) in [6.07, 6.45) is -3.04. The van der Waals surface area contributed by atoms with Gasteiger partial charge in [-0.2, -0.15) is 13.2 Å². The Morgan fingerprint density at radius 1 is 1.19 bits per heavy atom. The van der Waals surface area contributed by atoms with Gasteiger partial charge in [0.2, 0.25) is 0 Å². The molecule has 2 aromatic rings. The summed E-state index contributed by atoms with van der Waals surface area (Å²) in [6.45, 7) is 0. The Morgan fingerprint density at radius 2 is 1.88 bits per heavy atom. The standard InChI is InChI=1S/C10H4BrClF3N/c11-8-6(10(13,14)15)2-1-5-7(12)3-4-16-9(5)8/h1-4H. The average Bonchev–Trinajstić information content (AvgIpc) is 2.18. The first-order valence-electron chi connectivity index (χ1n) is 4.21. The molecule has 0 aliphatic carbocycles. The highest BCUT2D eigenvalue weighted by atomic mass is 79.9. The number of aromatic nitrogens is 1. The second-order valence-corrected chi connectivity index (χ2v) is 4.31. The number of hydrogen-bond donors (Lipinski definition) is 0. The lowest BCUT2D eigenvalue weighted by molar-refractivity contribution is -0.138. The maximum absolute atomic E-state index is 12.6. The largest absolute Gasteiger partial charge is 0.417 e. The zero-order valence-electron chi connectivity index (χ0n) is 7.65. The smallest absolute Gasteiger partial charge is 0.255 e. The van der Waals surface area contributed by atoms with Crippen LogP contribution in [-0.4, -0.2) is 4.98 Å². The normalized spacial score (nSPS) is 12.1. The minimum atomic E-state index is -4.41. The summed E-state index contributed by atoms with van der Waals surface area (Å²) >= 11 is 8.76. The molecule has 16 heavy (non-hydrogen) atoms. The Morgan fingerprint density at radius 3 is 2.50 bits per heavy atom. The molecule has 0 amide bonds. The third kappa shape index (κ3) is 1.89. The van der Waals surface area contributed by atoms with E-state index < -0.39 is 11.7 Å². The Hall–Kier alpha value is -0.810. The van der Waals surface area contributed by atoms with Crippen molar-refractivity contribution < 1.29 is 13.2 Å². The quantitative estimate of drug-likeness (QED) is 0.689. The summed E-state index contributed by atoms with van der Waals surface area (Å²) in [5, 5.41) is 0.864. The highest BCUT2D eigenvalue weighted by Crippen LogP contribution is 2.39. The van der Waals surface area contributed by atoms with Crippen LogP contribution in [0.3, 0.4) is 0 Å². The van der Waals surface area contributed by atoms with E-state index >= 15 is 0 Å². The fourth-order valence-electron chi connectivity index (χ4n) is 1.37. The topological polar surface area (TPSA) is 12.9 Å². The molecule has 84 valence electrons. The molecular weight excluding hydrogens is 306 g/mol. The van der Waals surface area contributed by atoms with Crippen molar-refractivity contribution >= 4 is 38.4 Å². The molecule has 2 rings (SSSR count). The predicted octanol–water partition coefficient (Wildman–Crippen LogP) is 4.67. The maximum atomic E-state index is 12.6. The van der Waals surface area contributed by atoms with E-state index in [-0.39, 0.29) is 9.99 Å². The second-order valence-electron chi connectivity index (χ2n) is 3.11. The molecule has 0 N–H and O–H groups in total. The third-order valence-electron chi connectivity index (χ3n) is 2.10. The van der Waals surface area contributed by atoms with E-state index in [0.717, 1.165) is 6.07 Å². The SMILES string of the molecule is FC(F)(F)c1ccc2c(Cl)ccnc2c1Br. The van der Waals surface area contributed by atoms with E-state index in [9.17, 15) is 13.2 Å². The fourth-order valence-corrected chi connectivity index (χ4v) is 2.25. The van der Waals surface area contributed by atoms with Crippen molar-refractivity contribution in [3.8, 4) is 0 Å². The van der Waals surface area contributed by atoms with Crippen molar-refractivity contribution in [1.29, 1.82) is 0 Å². The zero-order chi connectivity index (χ0) is 11.9. The fraction of sp³-hybridized carbons (Fsp3) is 0.100. The minimum absolute atomic E-state index is 0.0833. The molecule has 0 atom stereocenters. The molecule has 1 nitrogen and oxygen atoms in total. The van der Waals surface area contributed by atoms with Crippen molar-refractivity contribution in [3.63, 3.8) is 0 Å². The van der Waals surface area contributed by atoms with Gasteiger partial charge >= 0.3 is 6.18 Å². The Balaban J connectivity index is 2.81. The molecule has 0 unspecified atom stereocenters. The van der Waals surface area contributed by atoms with Crippen LogP contribution >= 0.6 is 27.5 Å². The van der Waals surface area contributed by atoms with Crippen LogP contribution in [0.1, 0.15) is 5.56 Å². The van der Waals surface area contributed by atoms with Crippen LogP contribution in [0.5, 0.6) is 0 Å². The molecule has 0 radical (unpaired) electrons. The molecule has 6 heteroatoms. The lowest BCUT2D eigenvalue weighted by atomic mass is 10.1. The van der Waals surface area contributed by atoms with Gasteiger partial charge in [-0.25, -0.2) is 0 Å². The molecule has 0 saturated carbocycles. The van der Waals surface area contributed by atoms with Gasteiger partial charge in [-0.3, -0.25) is 4.98 Å². The molecular formula is C10H4BrClF3N. The lowest BCUT2D eigenvalue weighted by Crippen LogP contribution is -2.06. The molecule has 0 saturated heterocycles. The molecule has 1 aromatic heterocycles. The van der Waals surface area contributed by atoms with Crippen LogP contribution in [0.4, 0.5) is 13.2 Å². The third-order valence-corrected chi connectivity index (χ3v) is 3.24. The van der Waals surface area contributed by atoms with Gasteiger partial charge < -0.3 is 0 Å². The second kappa shape index (κ2) is 3.89. The Labute approximate surface area is 102 Å². The van der Waals surface area contributed by atoms with Crippen molar-refractivity contribution in [2.24, 2.45) is 0 Å². The number of benzene rings is 1. The highest BCUT2D eigenvalue weighted by Gasteiger charge is 2.33. The highest BCUT2D eigenvalue weighted by molar-refractivity contribution is 9.10. The summed E-state index contributed by atoms with van der Waals surface area (Å²) in [7, 11) is 0. The first-order valence-corrected chi connectivity index (χ1v) is 5.38. The molecule has 0 fully saturated rings. The van der Waals surface area contributed by atoms with Gasteiger partial charge in [0.05, 0.1) is 20.6 Å². The van der Waals surface area contributed by atoms with Crippen molar-refractivity contribution in [2.45, 2.75) is 6.18 Å². The number of halogens is 5. The van der Waals surface area contributed by atoms with Gasteiger partial charge in [0.25, 0.3) is 0 Å². The van der Waals surface area contributed by atoms with Crippen molar-refractivity contribution in [1.82, 2.24) is 4.98 Å². The van der Waals surface area contributed by atoms with E-state index in [0.29, 0.717) is 10.4 Å². The monoisotopic (exact) mass is 309 g/mol. The van der Waals surface area contributed by atoms with Gasteiger partial charge in [-0.1, -0.05) is 17.7 Å². The van der Waals surface area contributed by atoms with Crippen molar-refractivity contribution in [3.05, 3.63) is 39.5 Å². The van der Waals surface area contributed by atoms with Crippen LogP contribution in [0.2, 0.25) is 5.02 Å². The molecule has 0 spiro atoms. The number of nitrogens with zero attached hydrogens (tertiary/aromatic N) is 1. The first-order chi connectivity index (χ1) is 7.41. The maximum Gasteiger partial charge on any atom is 0.417 e. The summed E-state index contributed by atoms with van der Waals surface area (Å²) < 4.78 is 37.7. The van der Waals surface area contributed by atoms with E-state index in [1.165, 1.54) is 18.3 Å². The lowest BCUT2D eigenvalue weighted by Gasteiger charge is -2.10. The van der Waals surface area contributed by atoms with E-state index in [1.807, 2.05) is 0 Å². The summed E-state index contributed by atoms with van der Waals surface area (Å²) in [5.41, 5.74) is -0.544. The Kier molecular flexibility index (Phi) is 2.84. The van der Waals surface area contributed by atoms with E-state index in [4.69, 9.17) is 11.6 Å². The molecule has 1 aromatic carbocycles. The number of pyridine rings is 1. The Bertz CT molecular complexity index is 553.